The normalized spacial score (nSPS) is 12.5. The lowest BCUT2D eigenvalue weighted by Crippen LogP contribution is -2.51. The molecule has 262 valence electrons. The molecule has 0 spiro atoms. The van der Waals surface area contributed by atoms with Crippen LogP contribution in [0.4, 0.5) is 0 Å². The number of rotatable bonds is 18. The highest BCUT2D eigenvalue weighted by Gasteiger charge is 2.33. The average Bonchev–Trinajstić information content (AvgIpc) is 3.03. The summed E-state index contributed by atoms with van der Waals surface area (Å²) in [7, 11) is 0. The molecular weight excluding hydrogens is 644 g/mol. The number of ketones is 1. The Hall–Kier alpha value is -4.45. The molecule has 2 N–H and O–H groups in total. The van der Waals surface area contributed by atoms with Crippen LogP contribution in [0.3, 0.4) is 0 Å². The van der Waals surface area contributed by atoms with Crippen LogP contribution in [0.15, 0.2) is 48.5 Å². The fraction of sp³-hybridized carbons (Fsp3) is 0.486. The van der Waals surface area contributed by atoms with E-state index in [4.69, 9.17) is 30.5 Å². The molecule has 13 heteroatoms. The van der Waals surface area contributed by atoms with Gasteiger partial charge in [-0.1, -0.05) is 39.3 Å². The quantitative estimate of drug-likeness (QED) is 0.130. The van der Waals surface area contributed by atoms with Gasteiger partial charge in [-0.15, -0.1) is 0 Å². The van der Waals surface area contributed by atoms with E-state index in [2.05, 4.69) is 10.6 Å². The zero-order valence-corrected chi connectivity index (χ0v) is 29.2. The summed E-state index contributed by atoms with van der Waals surface area (Å²) in [6, 6.07) is 10.4. The number of hydrogen-bond acceptors (Lipinski definition) is 10. The van der Waals surface area contributed by atoms with Crippen LogP contribution in [0.5, 0.6) is 5.75 Å². The van der Waals surface area contributed by atoms with E-state index >= 15 is 0 Å². The second-order valence-electron chi connectivity index (χ2n) is 12.5. The maximum Gasteiger partial charge on any atom is 0.350 e. The van der Waals surface area contributed by atoms with Crippen LogP contribution in [0.25, 0.3) is 0 Å². The van der Waals surface area contributed by atoms with Gasteiger partial charge in [0.15, 0.2) is 18.0 Å². The lowest BCUT2D eigenvalue weighted by Gasteiger charge is -2.24. The predicted octanol–water partition coefficient (Wildman–Crippen LogP) is 4.44. The van der Waals surface area contributed by atoms with Crippen LogP contribution >= 0.6 is 11.6 Å². The average molecular weight is 689 g/mol. The summed E-state index contributed by atoms with van der Waals surface area (Å²) in [5, 5.41) is 5.44. The molecule has 0 aliphatic carbocycles. The number of carbonyl (C=O) groups excluding carboxylic acids is 6. The first kappa shape index (κ1) is 39.7. The van der Waals surface area contributed by atoms with Crippen molar-refractivity contribution in [2.75, 3.05) is 19.8 Å². The molecule has 2 aromatic rings. The number of carbonyl (C=O) groups is 6. The number of benzene rings is 2. The first-order valence-electron chi connectivity index (χ1n) is 15.7. The lowest BCUT2D eigenvalue weighted by atomic mass is 10.0. The Morgan fingerprint density at radius 1 is 0.750 bits per heavy atom. The number of nitrogens with one attached hydrogen (secondary N) is 2. The highest BCUT2D eigenvalue weighted by molar-refractivity contribution is 6.30. The lowest BCUT2D eigenvalue weighted by molar-refractivity contribution is -0.162. The molecule has 0 bridgehead atoms. The summed E-state index contributed by atoms with van der Waals surface area (Å²) in [5.41, 5.74) is -0.641. The first-order valence-corrected chi connectivity index (χ1v) is 16.0. The number of hydrogen-bond donors (Lipinski definition) is 2. The van der Waals surface area contributed by atoms with Crippen LogP contribution in [-0.2, 0) is 38.2 Å². The Balaban J connectivity index is 1.89. The van der Waals surface area contributed by atoms with Gasteiger partial charge in [0.25, 0.3) is 5.91 Å². The second kappa shape index (κ2) is 18.8. The number of ether oxygens (including phenoxy) is 4. The zero-order valence-electron chi connectivity index (χ0n) is 28.4. The number of esters is 3. The van der Waals surface area contributed by atoms with Gasteiger partial charge in [-0.3, -0.25) is 19.2 Å². The molecule has 0 aromatic heterocycles. The Morgan fingerprint density at radius 2 is 1.29 bits per heavy atom. The highest BCUT2D eigenvalue weighted by Crippen LogP contribution is 2.22. The van der Waals surface area contributed by atoms with Gasteiger partial charge in [-0.2, -0.15) is 0 Å². The minimum absolute atomic E-state index is 0.0505. The molecule has 0 heterocycles. The maximum absolute atomic E-state index is 12.8. The summed E-state index contributed by atoms with van der Waals surface area (Å²) < 4.78 is 21.3. The van der Waals surface area contributed by atoms with Crippen molar-refractivity contribution in [2.45, 2.75) is 79.0 Å². The predicted molar refractivity (Wildman–Crippen MR) is 177 cm³/mol. The van der Waals surface area contributed by atoms with Gasteiger partial charge >= 0.3 is 17.9 Å². The van der Waals surface area contributed by atoms with Crippen molar-refractivity contribution in [3.05, 3.63) is 64.7 Å². The van der Waals surface area contributed by atoms with E-state index in [1.807, 2.05) is 27.7 Å². The van der Waals surface area contributed by atoms with Crippen molar-refractivity contribution in [3.8, 4) is 5.75 Å². The maximum atomic E-state index is 12.8. The molecular formula is C35H45ClN2O10. The topological polar surface area (TPSA) is 163 Å². The van der Waals surface area contributed by atoms with Gasteiger partial charge in [0.2, 0.25) is 5.91 Å². The Labute approximate surface area is 286 Å². The van der Waals surface area contributed by atoms with Crippen LogP contribution in [0.2, 0.25) is 5.02 Å². The van der Waals surface area contributed by atoms with Crippen molar-refractivity contribution in [1.82, 2.24) is 10.6 Å². The second-order valence-corrected chi connectivity index (χ2v) is 13.0. The standard InChI is InChI=1S/C35H45ClN2O10/c1-21(2)18-45-30(40)17-16-28(33(43)46-19-22(3)4)38-32(42)23(5)37-29(39)20-47-34(44)35(6,7)48-27-14-10-25(11-15-27)31(41)24-8-12-26(36)13-9-24/h8-15,21-23,28H,16-20H2,1-7H3,(H,37,39)(H,38,42)/t23-,28-/m0/s1. The van der Waals surface area contributed by atoms with Crippen molar-refractivity contribution >= 4 is 47.1 Å². The first-order chi connectivity index (χ1) is 22.5. The molecule has 48 heavy (non-hydrogen) atoms. The molecule has 0 aliphatic heterocycles. The van der Waals surface area contributed by atoms with Gasteiger partial charge in [-0.25, -0.2) is 9.59 Å². The van der Waals surface area contributed by atoms with E-state index in [1.54, 1.807) is 36.4 Å². The smallest absolute Gasteiger partial charge is 0.350 e. The molecule has 2 atom stereocenters. The SMILES string of the molecule is CC(C)COC(=O)CC[C@H](NC(=O)[C@H](C)NC(=O)COC(=O)C(C)(C)Oc1ccc(C(=O)c2ccc(Cl)cc2)cc1)C(=O)OCC(C)C. The molecule has 2 aromatic carbocycles. The third-order valence-corrected chi connectivity index (χ3v) is 6.82. The number of halogens is 1. The molecule has 0 saturated heterocycles. The van der Waals surface area contributed by atoms with E-state index in [0.717, 1.165) is 0 Å². The van der Waals surface area contributed by atoms with Crippen molar-refractivity contribution in [3.63, 3.8) is 0 Å². The van der Waals surface area contributed by atoms with Crippen molar-refractivity contribution < 1.29 is 47.7 Å². The van der Waals surface area contributed by atoms with Gasteiger partial charge in [0.1, 0.15) is 17.8 Å². The molecule has 0 unspecified atom stereocenters. The molecule has 2 amide bonds. The third kappa shape index (κ3) is 13.7. The fourth-order valence-corrected chi connectivity index (χ4v) is 4.05. The minimum Gasteiger partial charge on any atom is -0.476 e. The van der Waals surface area contributed by atoms with Crippen LogP contribution < -0.4 is 15.4 Å². The molecule has 0 aliphatic rings. The number of amides is 2. The van der Waals surface area contributed by atoms with Crippen molar-refractivity contribution in [2.24, 2.45) is 11.8 Å². The van der Waals surface area contributed by atoms with Crippen LogP contribution in [0, 0.1) is 11.8 Å². The summed E-state index contributed by atoms with van der Waals surface area (Å²) in [5.74, 6) is -3.31. The van der Waals surface area contributed by atoms with Crippen LogP contribution in [0.1, 0.15) is 77.2 Å². The van der Waals surface area contributed by atoms with Crippen LogP contribution in [-0.4, -0.2) is 73.0 Å². The van der Waals surface area contributed by atoms with Gasteiger partial charge in [0.05, 0.1) is 13.2 Å². The van der Waals surface area contributed by atoms with E-state index in [0.29, 0.717) is 16.1 Å². The Kier molecular flexibility index (Phi) is 15.5. The van der Waals surface area contributed by atoms with Gasteiger partial charge < -0.3 is 29.6 Å². The molecule has 0 fully saturated rings. The molecule has 2 rings (SSSR count). The largest absolute Gasteiger partial charge is 0.476 e. The summed E-state index contributed by atoms with van der Waals surface area (Å²) in [6.45, 7) is 11.4. The molecule has 0 radical (unpaired) electrons. The van der Waals surface area contributed by atoms with Gasteiger partial charge in [0, 0.05) is 22.6 Å². The molecule has 12 nitrogen and oxygen atoms in total. The summed E-state index contributed by atoms with van der Waals surface area (Å²) >= 11 is 5.89. The summed E-state index contributed by atoms with van der Waals surface area (Å²) in [4.78, 5) is 75.6. The fourth-order valence-electron chi connectivity index (χ4n) is 3.92. The van der Waals surface area contributed by atoms with E-state index in [9.17, 15) is 28.8 Å². The highest BCUT2D eigenvalue weighted by atomic mass is 35.5. The monoisotopic (exact) mass is 688 g/mol. The summed E-state index contributed by atoms with van der Waals surface area (Å²) in [6.07, 6.45) is -0.191. The molecule has 0 saturated carbocycles. The van der Waals surface area contributed by atoms with E-state index in [-0.39, 0.29) is 49.4 Å². The van der Waals surface area contributed by atoms with E-state index < -0.39 is 54.0 Å². The third-order valence-electron chi connectivity index (χ3n) is 6.57. The van der Waals surface area contributed by atoms with E-state index in [1.165, 1.54) is 32.9 Å². The zero-order chi connectivity index (χ0) is 36.0. The Morgan fingerprint density at radius 3 is 1.85 bits per heavy atom. The minimum atomic E-state index is -1.51. The Bertz CT molecular complexity index is 1420. The van der Waals surface area contributed by atoms with Gasteiger partial charge in [-0.05, 0) is 87.6 Å². The van der Waals surface area contributed by atoms with Crippen molar-refractivity contribution in [1.29, 1.82) is 0 Å².